The zero-order valence-corrected chi connectivity index (χ0v) is 30.2. The van der Waals surface area contributed by atoms with Crippen LogP contribution in [0.4, 0.5) is 0 Å². The number of nitrogens with zero attached hydrogens (tertiary/aromatic N) is 3. The van der Waals surface area contributed by atoms with Crippen LogP contribution >= 0.6 is 0 Å². The van der Waals surface area contributed by atoms with Crippen molar-refractivity contribution in [2.45, 2.75) is 0 Å². The van der Waals surface area contributed by atoms with E-state index in [9.17, 15) is 0 Å². The predicted octanol–water partition coefficient (Wildman–Crippen LogP) is 14.0. The number of hydrogen-bond acceptors (Lipinski definition) is 3. The molecular formula is C53H31N3. The molecule has 0 aliphatic rings. The van der Waals surface area contributed by atoms with Crippen LogP contribution in [-0.4, -0.2) is 15.0 Å². The Kier molecular flexibility index (Phi) is 6.63. The third-order valence-electron chi connectivity index (χ3n) is 11.6. The van der Waals surface area contributed by atoms with Crippen molar-refractivity contribution in [3.8, 4) is 45.3 Å². The van der Waals surface area contributed by atoms with Gasteiger partial charge in [0.15, 0.2) is 17.5 Å². The van der Waals surface area contributed by atoms with Crippen molar-refractivity contribution in [1.82, 2.24) is 15.0 Å². The second kappa shape index (κ2) is 12.0. The van der Waals surface area contributed by atoms with Crippen molar-refractivity contribution >= 4 is 75.4 Å². The minimum Gasteiger partial charge on any atom is -0.208 e. The Labute approximate surface area is 322 Å². The first-order valence-electron chi connectivity index (χ1n) is 19.1. The molecule has 12 rings (SSSR count). The standard InChI is InChI=1S/C53H31N3/c1-2-11-37(12-3-1)51-54-52(56-53(55-51)45-21-6-13-33-10-4-5-17-41(33)45)38-27-22-32(23-28-38)40-30-39-29-26-36-15-8-19-43-42-18-7-14-34-24-25-35-16-9-20-44(49(35)47(34)42)46(31-40)50(39)48(36)43/h1-31H. The van der Waals surface area contributed by atoms with Crippen molar-refractivity contribution in [3.05, 3.63) is 188 Å². The van der Waals surface area contributed by atoms with E-state index in [4.69, 9.17) is 15.0 Å². The minimum absolute atomic E-state index is 0.645. The van der Waals surface area contributed by atoms with Crippen LogP contribution in [0.1, 0.15) is 0 Å². The molecule has 3 nitrogen and oxygen atoms in total. The molecular weight excluding hydrogens is 679 g/mol. The second-order valence-corrected chi connectivity index (χ2v) is 14.7. The van der Waals surface area contributed by atoms with Gasteiger partial charge in [0, 0.05) is 16.7 Å². The van der Waals surface area contributed by atoms with Crippen LogP contribution in [0.25, 0.3) is 121 Å². The number of aromatic nitrogens is 3. The summed E-state index contributed by atoms with van der Waals surface area (Å²) in [5.41, 5.74) is 5.19. The van der Waals surface area contributed by atoms with Crippen molar-refractivity contribution < 1.29 is 0 Å². The van der Waals surface area contributed by atoms with E-state index >= 15 is 0 Å². The molecule has 1 aromatic heterocycles. The summed E-state index contributed by atoms with van der Waals surface area (Å²) < 4.78 is 0. The molecule has 0 saturated heterocycles. The van der Waals surface area contributed by atoms with Crippen LogP contribution < -0.4 is 0 Å². The van der Waals surface area contributed by atoms with Gasteiger partial charge in [0.1, 0.15) is 0 Å². The highest BCUT2D eigenvalue weighted by Crippen LogP contribution is 2.44. The lowest BCUT2D eigenvalue weighted by atomic mass is 9.86. The SMILES string of the molecule is c1ccc(-c2nc(-c3ccc(-c4cc5ccc6cccc7c8cccc9ccc%10cccc(c(c4)c5c67)c%10c98)cc3)nc(-c3cccc4ccccc34)n2)cc1. The Balaban J connectivity index is 1.07. The molecule has 12 aromatic rings. The average molecular weight is 710 g/mol. The van der Waals surface area contributed by atoms with Gasteiger partial charge in [0.05, 0.1) is 0 Å². The first-order valence-corrected chi connectivity index (χ1v) is 19.1. The van der Waals surface area contributed by atoms with Gasteiger partial charge in [0.25, 0.3) is 0 Å². The topological polar surface area (TPSA) is 38.7 Å². The van der Waals surface area contributed by atoms with Crippen LogP contribution in [0.15, 0.2) is 188 Å². The highest BCUT2D eigenvalue weighted by Gasteiger charge is 2.18. The van der Waals surface area contributed by atoms with Gasteiger partial charge in [-0.25, -0.2) is 15.0 Å². The molecule has 0 N–H and O–H groups in total. The summed E-state index contributed by atoms with van der Waals surface area (Å²) in [4.78, 5) is 15.2. The summed E-state index contributed by atoms with van der Waals surface area (Å²) in [6.45, 7) is 0. The molecule has 0 atom stereocenters. The molecule has 0 spiro atoms. The molecule has 11 aromatic carbocycles. The molecule has 1 heterocycles. The normalized spacial score (nSPS) is 11.9. The van der Waals surface area contributed by atoms with Crippen LogP contribution in [0.2, 0.25) is 0 Å². The fraction of sp³-hybridized carbons (Fsp3) is 0. The third-order valence-corrected chi connectivity index (χ3v) is 11.6. The molecule has 0 amide bonds. The van der Waals surface area contributed by atoms with Gasteiger partial charge in [0.2, 0.25) is 0 Å². The Morgan fingerprint density at radius 1 is 0.232 bits per heavy atom. The fourth-order valence-corrected chi connectivity index (χ4v) is 9.02. The van der Waals surface area contributed by atoms with E-state index in [0.29, 0.717) is 17.5 Å². The minimum atomic E-state index is 0.645. The maximum absolute atomic E-state index is 5.11. The molecule has 0 unspecified atom stereocenters. The van der Waals surface area contributed by atoms with Crippen LogP contribution in [-0.2, 0) is 0 Å². The summed E-state index contributed by atoms with van der Waals surface area (Å²) in [6, 6.07) is 67.7. The highest BCUT2D eigenvalue weighted by molar-refractivity contribution is 6.37. The fourth-order valence-electron chi connectivity index (χ4n) is 9.02. The first kappa shape index (κ1) is 30.9. The van der Waals surface area contributed by atoms with Gasteiger partial charge < -0.3 is 0 Å². The Morgan fingerprint density at radius 2 is 0.679 bits per heavy atom. The van der Waals surface area contributed by atoms with E-state index < -0.39 is 0 Å². The van der Waals surface area contributed by atoms with E-state index in [1.54, 1.807) is 0 Å². The van der Waals surface area contributed by atoms with Gasteiger partial charge in [-0.3, -0.25) is 0 Å². The maximum atomic E-state index is 5.11. The van der Waals surface area contributed by atoms with E-state index in [1.807, 2.05) is 18.2 Å². The van der Waals surface area contributed by atoms with E-state index in [0.717, 1.165) is 33.0 Å². The summed E-state index contributed by atoms with van der Waals surface area (Å²) in [5, 5.41) is 17.6. The Morgan fingerprint density at radius 3 is 1.34 bits per heavy atom. The summed E-state index contributed by atoms with van der Waals surface area (Å²) in [6.07, 6.45) is 0. The van der Waals surface area contributed by atoms with Crippen molar-refractivity contribution in [3.63, 3.8) is 0 Å². The molecule has 56 heavy (non-hydrogen) atoms. The lowest BCUT2D eigenvalue weighted by Crippen LogP contribution is -2.00. The number of rotatable bonds is 4. The molecule has 258 valence electrons. The molecule has 0 radical (unpaired) electrons. The predicted molar refractivity (Wildman–Crippen MR) is 235 cm³/mol. The van der Waals surface area contributed by atoms with E-state index in [-0.39, 0.29) is 0 Å². The highest BCUT2D eigenvalue weighted by atomic mass is 15.0. The van der Waals surface area contributed by atoms with E-state index in [2.05, 4.69) is 170 Å². The van der Waals surface area contributed by atoms with Gasteiger partial charge in [-0.15, -0.1) is 0 Å². The quantitative estimate of drug-likeness (QED) is 0.171. The van der Waals surface area contributed by atoms with Gasteiger partial charge in [-0.2, -0.15) is 0 Å². The molecule has 0 bridgehead atoms. The summed E-state index contributed by atoms with van der Waals surface area (Å²) in [7, 11) is 0. The van der Waals surface area contributed by atoms with Gasteiger partial charge in [-0.1, -0.05) is 176 Å². The first-order chi connectivity index (χ1) is 27.7. The lowest BCUT2D eigenvalue weighted by molar-refractivity contribution is 1.08. The zero-order chi connectivity index (χ0) is 36.7. The second-order valence-electron chi connectivity index (χ2n) is 14.7. The van der Waals surface area contributed by atoms with Gasteiger partial charge >= 0.3 is 0 Å². The van der Waals surface area contributed by atoms with Crippen LogP contribution in [0.5, 0.6) is 0 Å². The molecule has 0 saturated carbocycles. The maximum Gasteiger partial charge on any atom is 0.164 e. The van der Waals surface area contributed by atoms with Gasteiger partial charge in [-0.05, 0) is 98.7 Å². The van der Waals surface area contributed by atoms with Crippen LogP contribution in [0, 0.1) is 0 Å². The van der Waals surface area contributed by atoms with E-state index in [1.165, 1.54) is 70.2 Å². The Bertz CT molecular complexity index is 3500. The lowest BCUT2D eigenvalue weighted by Gasteiger charge is -2.17. The number of benzene rings is 10. The van der Waals surface area contributed by atoms with Crippen molar-refractivity contribution in [2.24, 2.45) is 0 Å². The van der Waals surface area contributed by atoms with Crippen molar-refractivity contribution in [2.75, 3.05) is 0 Å². The molecule has 0 fully saturated rings. The summed E-state index contributed by atoms with van der Waals surface area (Å²) in [5.74, 6) is 1.96. The van der Waals surface area contributed by atoms with Crippen LogP contribution in [0.3, 0.4) is 0 Å². The molecule has 3 heteroatoms. The Hall–Kier alpha value is -7.49. The smallest absolute Gasteiger partial charge is 0.164 e. The molecule has 0 aliphatic carbocycles. The number of fused-ring (bicyclic) bond motifs is 3. The summed E-state index contributed by atoms with van der Waals surface area (Å²) >= 11 is 0. The average Bonchev–Trinajstić information content (AvgIpc) is 3.27. The van der Waals surface area contributed by atoms with Crippen molar-refractivity contribution in [1.29, 1.82) is 0 Å². The number of hydrogen-bond donors (Lipinski definition) is 0. The monoisotopic (exact) mass is 709 g/mol. The zero-order valence-electron chi connectivity index (χ0n) is 30.2. The third kappa shape index (κ3) is 4.68. The molecule has 0 aliphatic heterocycles. The largest absolute Gasteiger partial charge is 0.208 e.